The van der Waals surface area contributed by atoms with Gasteiger partial charge in [0.1, 0.15) is 0 Å². The topological polar surface area (TPSA) is 67.8 Å². The number of carbonyl (C=O) groups is 1. The van der Waals surface area contributed by atoms with Crippen molar-refractivity contribution in [3.63, 3.8) is 0 Å². The Morgan fingerprint density at radius 1 is 1.31 bits per heavy atom. The number of nitrogens with zero attached hydrogens (tertiary/aromatic N) is 2. The van der Waals surface area contributed by atoms with E-state index in [0.717, 1.165) is 5.56 Å². The van der Waals surface area contributed by atoms with Crippen molar-refractivity contribution in [1.82, 2.24) is 0 Å². The number of hydrogen-bond donors (Lipinski definition) is 1. The highest BCUT2D eigenvalue weighted by Crippen LogP contribution is 2.21. The van der Waals surface area contributed by atoms with E-state index in [1.54, 1.807) is 24.3 Å². The molecule has 0 saturated heterocycles. The number of hydrogen-bond acceptors (Lipinski definition) is 3. The third-order valence-corrected chi connectivity index (χ3v) is 1.76. The van der Waals surface area contributed by atoms with Gasteiger partial charge >= 0.3 is 0 Å². The van der Waals surface area contributed by atoms with Crippen molar-refractivity contribution in [2.24, 2.45) is 10.2 Å². The minimum Gasteiger partial charge on any atom is -0.399 e. The molecule has 1 aromatic rings. The molecule has 4 nitrogen and oxygen atoms in total. The second-order valence-corrected chi connectivity index (χ2v) is 2.69. The normalized spacial score (nSPS) is 14.8. The van der Waals surface area contributed by atoms with Gasteiger partial charge in [-0.25, -0.2) is 0 Å². The lowest BCUT2D eigenvalue weighted by Crippen LogP contribution is -1.94. The zero-order valence-corrected chi connectivity index (χ0v) is 6.77. The van der Waals surface area contributed by atoms with E-state index >= 15 is 0 Å². The van der Waals surface area contributed by atoms with Gasteiger partial charge < -0.3 is 5.73 Å². The van der Waals surface area contributed by atoms with E-state index in [1.807, 2.05) is 0 Å². The maximum absolute atomic E-state index is 11.1. The minimum atomic E-state index is -0.314. The van der Waals surface area contributed by atoms with E-state index in [4.69, 9.17) is 5.73 Å². The number of amides is 1. The van der Waals surface area contributed by atoms with Gasteiger partial charge in [0.2, 0.25) is 0 Å². The molecular formula is C9H7N3O. The molecule has 1 heterocycles. The number of anilines is 1. The molecule has 2 rings (SSSR count). The Hall–Kier alpha value is -1.97. The number of azo groups is 1. The fraction of sp³-hybridized carbons (Fsp3) is 0. The van der Waals surface area contributed by atoms with Crippen LogP contribution in [0, 0.1) is 0 Å². The van der Waals surface area contributed by atoms with Gasteiger partial charge in [-0.1, -0.05) is 12.1 Å². The highest BCUT2D eigenvalue weighted by molar-refractivity contribution is 6.21. The van der Waals surface area contributed by atoms with E-state index in [-0.39, 0.29) is 5.91 Å². The molecule has 1 aliphatic rings. The minimum absolute atomic E-state index is 0.314. The maximum Gasteiger partial charge on any atom is 0.297 e. The van der Waals surface area contributed by atoms with Gasteiger partial charge in [-0.05, 0) is 17.7 Å². The molecule has 0 bridgehead atoms. The summed E-state index contributed by atoms with van der Waals surface area (Å²) in [5.41, 5.74) is 7.45. The van der Waals surface area contributed by atoms with Gasteiger partial charge in [0.25, 0.3) is 5.91 Å². The van der Waals surface area contributed by atoms with Crippen molar-refractivity contribution in [3.8, 4) is 0 Å². The molecule has 0 radical (unpaired) electrons. The molecular weight excluding hydrogens is 166 g/mol. The molecule has 1 amide bonds. The maximum atomic E-state index is 11.1. The number of carbonyl (C=O) groups excluding carboxylic acids is 1. The van der Waals surface area contributed by atoms with Crippen LogP contribution in [0.25, 0.3) is 5.57 Å². The highest BCUT2D eigenvalue weighted by atomic mass is 16.2. The van der Waals surface area contributed by atoms with Crippen molar-refractivity contribution >= 4 is 17.2 Å². The standard InChI is InChI=1S/C9H7N3O/c10-7-3-1-2-6(4-7)8-5-11-12-9(8)13/h1-5H,10H2. The first-order chi connectivity index (χ1) is 6.27. The lowest BCUT2D eigenvalue weighted by molar-refractivity contribution is -0.112. The largest absolute Gasteiger partial charge is 0.399 e. The van der Waals surface area contributed by atoms with Crippen molar-refractivity contribution in [2.75, 3.05) is 5.73 Å². The van der Waals surface area contributed by atoms with Crippen molar-refractivity contribution in [2.45, 2.75) is 0 Å². The second-order valence-electron chi connectivity index (χ2n) is 2.69. The molecule has 0 aliphatic carbocycles. The number of nitrogens with two attached hydrogens (primary N) is 1. The van der Waals surface area contributed by atoms with E-state index in [9.17, 15) is 4.79 Å². The fourth-order valence-corrected chi connectivity index (χ4v) is 1.15. The van der Waals surface area contributed by atoms with Gasteiger partial charge in [-0.3, -0.25) is 4.79 Å². The Kier molecular flexibility index (Phi) is 1.66. The van der Waals surface area contributed by atoms with Crippen LogP contribution in [0.5, 0.6) is 0 Å². The van der Waals surface area contributed by atoms with Crippen LogP contribution >= 0.6 is 0 Å². The number of nitrogen functional groups attached to an aromatic ring is 1. The first-order valence-electron chi connectivity index (χ1n) is 3.78. The fourth-order valence-electron chi connectivity index (χ4n) is 1.15. The third kappa shape index (κ3) is 1.33. The summed E-state index contributed by atoms with van der Waals surface area (Å²) >= 11 is 0. The van der Waals surface area contributed by atoms with Crippen LogP contribution in [0.4, 0.5) is 5.69 Å². The Bertz CT molecular complexity index is 421. The average molecular weight is 173 g/mol. The average Bonchev–Trinajstić information content (AvgIpc) is 2.51. The van der Waals surface area contributed by atoms with Crippen LogP contribution < -0.4 is 5.73 Å². The van der Waals surface area contributed by atoms with Crippen LogP contribution in [-0.4, -0.2) is 5.91 Å². The Labute approximate surface area is 74.8 Å². The van der Waals surface area contributed by atoms with Gasteiger partial charge in [-0.15, -0.1) is 5.11 Å². The Morgan fingerprint density at radius 2 is 2.15 bits per heavy atom. The summed E-state index contributed by atoms with van der Waals surface area (Å²) in [6.45, 7) is 0. The molecule has 64 valence electrons. The summed E-state index contributed by atoms with van der Waals surface area (Å²) in [4.78, 5) is 11.1. The Morgan fingerprint density at radius 3 is 2.77 bits per heavy atom. The quantitative estimate of drug-likeness (QED) is 0.655. The van der Waals surface area contributed by atoms with Crippen LogP contribution in [0.1, 0.15) is 5.56 Å². The summed E-state index contributed by atoms with van der Waals surface area (Å²) in [7, 11) is 0. The number of benzene rings is 1. The summed E-state index contributed by atoms with van der Waals surface area (Å²) in [5, 5.41) is 6.90. The zero-order valence-electron chi connectivity index (χ0n) is 6.77. The lowest BCUT2D eigenvalue weighted by atomic mass is 10.1. The van der Waals surface area contributed by atoms with Crippen LogP contribution in [0.2, 0.25) is 0 Å². The van der Waals surface area contributed by atoms with Gasteiger partial charge in [-0.2, -0.15) is 5.11 Å². The predicted octanol–water partition coefficient (Wildman–Crippen LogP) is 1.60. The molecule has 13 heavy (non-hydrogen) atoms. The first kappa shape index (κ1) is 7.67. The van der Waals surface area contributed by atoms with Gasteiger partial charge in [0.05, 0.1) is 11.8 Å². The molecule has 0 saturated carbocycles. The zero-order chi connectivity index (χ0) is 9.26. The van der Waals surface area contributed by atoms with Crippen LogP contribution in [0.15, 0.2) is 40.7 Å². The molecule has 4 heteroatoms. The molecule has 0 spiro atoms. The predicted molar refractivity (Wildman–Crippen MR) is 48.7 cm³/mol. The molecule has 0 unspecified atom stereocenters. The summed E-state index contributed by atoms with van der Waals surface area (Å²) in [6.07, 6.45) is 1.44. The smallest absolute Gasteiger partial charge is 0.297 e. The molecule has 2 N–H and O–H groups in total. The van der Waals surface area contributed by atoms with Gasteiger partial charge in [0.15, 0.2) is 0 Å². The lowest BCUT2D eigenvalue weighted by Gasteiger charge is -1.99. The SMILES string of the molecule is Nc1cccc(C2=CN=NC2=O)c1. The number of rotatable bonds is 1. The third-order valence-electron chi connectivity index (χ3n) is 1.76. The molecule has 0 fully saturated rings. The van der Waals surface area contributed by atoms with E-state index < -0.39 is 0 Å². The summed E-state index contributed by atoms with van der Waals surface area (Å²) in [5.74, 6) is -0.314. The van der Waals surface area contributed by atoms with Crippen molar-refractivity contribution in [3.05, 3.63) is 36.0 Å². The highest BCUT2D eigenvalue weighted by Gasteiger charge is 2.14. The van der Waals surface area contributed by atoms with Crippen LogP contribution in [-0.2, 0) is 4.79 Å². The molecule has 1 aromatic carbocycles. The van der Waals surface area contributed by atoms with Crippen LogP contribution in [0.3, 0.4) is 0 Å². The summed E-state index contributed by atoms with van der Waals surface area (Å²) < 4.78 is 0. The summed E-state index contributed by atoms with van der Waals surface area (Å²) in [6, 6.07) is 7.07. The van der Waals surface area contributed by atoms with Gasteiger partial charge in [0, 0.05) is 5.69 Å². The van der Waals surface area contributed by atoms with Crippen molar-refractivity contribution < 1.29 is 4.79 Å². The van der Waals surface area contributed by atoms with E-state index in [2.05, 4.69) is 10.2 Å². The second kappa shape index (κ2) is 2.82. The monoisotopic (exact) mass is 173 g/mol. The molecule has 1 aliphatic heterocycles. The molecule has 0 atom stereocenters. The van der Waals surface area contributed by atoms with Crippen molar-refractivity contribution in [1.29, 1.82) is 0 Å². The molecule has 0 aromatic heterocycles. The van der Waals surface area contributed by atoms with E-state index in [0.29, 0.717) is 11.3 Å². The van der Waals surface area contributed by atoms with E-state index in [1.165, 1.54) is 6.20 Å². The first-order valence-corrected chi connectivity index (χ1v) is 3.78. The Balaban J connectivity index is 2.42.